The SMILES string of the molecule is CCCCCc1ccc(C#Cc2ccc(C#Cc3ccc(CC)c(F)c3)cc2)cc1. The van der Waals surface area contributed by atoms with E-state index in [4.69, 9.17) is 0 Å². The molecule has 0 saturated carbocycles. The van der Waals surface area contributed by atoms with Crippen LogP contribution < -0.4 is 0 Å². The van der Waals surface area contributed by atoms with Gasteiger partial charge in [0.1, 0.15) is 5.82 Å². The molecule has 0 saturated heterocycles. The lowest BCUT2D eigenvalue weighted by Gasteiger charge is -2.00. The fourth-order valence-electron chi connectivity index (χ4n) is 3.17. The Balaban J connectivity index is 1.62. The number of benzene rings is 3. The first-order valence-corrected chi connectivity index (χ1v) is 10.7. The molecule has 0 nitrogen and oxygen atoms in total. The van der Waals surface area contributed by atoms with Crippen LogP contribution in [0.5, 0.6) is 0 Å². The van der Waals surface area contributed by atoms with Crippen LogP contribution >= 0.6 is 0 Å². The van der Waals surface area contributed by atoms with Crippen molar-refractivity contribution in [3.8, 4) is 23.7 Å². The van der Waals surface area contributed by atoms with E-state index in [9.17, 15) is 4.39 Å². The van der Waals surface area contributed by atoms with Gasteiger partial charge in [0.15, 0.2) is 0 Å². The van der Waals surface area contributed by atoms with E-state index >= 15 is 0 Å². The molecule has 3 rings (SSSR count). The van der Waals surface area contributed by atoms with Gasteiger partial charge in [-0.2, -0.15) is 0 Å². The summed E-state index contributed by atoms with van der Waals surface area (Å²) in [4.78, 5) is 0. The van der Waals surface area contributed by atoms with Crippen LogP contribution in [-0.2, 0) is 12.8 Å². The van der Waals surface area contributed by atoms with E-state index in [1.807, 2.05) is 37.3 Å². The summed E-state index contributed by atoms with van der Waals surface area (Å²) < 4.78 is 13.9. The molecular formula is C29H27F. The van der Waals surface area contributed by atoms with Gasteiger partial charge in [-0.05, 0) is 78.9 Å². The number of rotatable bonds is 5. The second-order valence-electron chi connectivity index (χ2n) is 7.39. The van der Waals surface area contributed by atoms with Gasteiger partial charge in [0.2, 0.25) is 0 Å². The summed E-state index contributed by atoms with van der Waals surface area (Å²) in [6.45, 7) is 4.17. The molecule has 1 heteroatoms. The summed E-state index contributed by atoms with van der Waals surface area (Å²) in [5.41, 5.74) is 5.64. The topological polar surface area (TPSA) is 0 Å². The van der Waals surface area contributed by atoms with E-state index in [1.165, 1.54) is 30.9 Å². The summed E-state index contributed by atoms with van der Waals surface area (Å²) in [7, 11) is 0. The van der Waals surface area contributed by atoms with Crippen molar-refractivity contribution in [1.82, 2.24) is 0 Å². The van der Waals surface area contributed by atoms with E-state index in [0.717, 1.165) is 28.7 Å². The van der Waals surface area contributed by atoms with E-state index in [2.05, 4.69) is 54.9 Å². The Morgan fingerprint density at radius 3 is 1.63 bits per heavy atom. The average molecular weight is 395 g/mol. The molecule has 0 aliphatic heterocycles. The van der Waals surface area contributed by atoms with E-state index in [1.54, 1.807) is 6.07 Å². The largest absolute Gasteiger partial charge is 0.207 e. The number of hydrogen-bond acceptors (Lipinski definition) is 0. The van der Waals surface area contributed by atoms with Crippen molar-refractivity contribution < 1.29 is 4.39 Å². The van der Waals surface area contributed by atoms with Gasteiger partial charge in [0, 0.05) is 22.3 Å². The third kappa shape index (κ3) is 6.37. The maximum atomic E-state index is 13.9. The molecule has 0 unspecified atom stereocenters. The van der Waals surface area contributed by atoms with Crippen molar-refractivity contribution in [1.29, 1.82) is 0 Å². The molecule has 0 aliphatic carbocycles. The van der Waals surface area contributed by atoms with Crippen molar-refractivity contribution in [2.45, 2.75) is 46.0 Å². The number of unbranched alkanes of at least 4 members (excludes halogenated alkanes) is 2. The van der Waals surface area contributed by atoms with E-state index in [-0.39, 0.29) is 5.82 Å². The summed E-state index contributed by atoms with van der Waals surface area (Å²) in [5, 5.41) is 0. The summed E-state index contributed by atoms with van der Waals surface area (Å²) in [5.74, 6) is 12.4. The van der Waals surface area contributed by atoms with Crippen LogP contribution in [0.25, 0.3) is 0 Å². The van der Waals surface area contributed by atoms with E-state index in [0.29, 0.717) is 12.0 Å². The predicted molar refractivity (Wildman–Crippen MR) is 124 cm³/mol. The van der Waals surface area contributed by atoms with Crippen LogP contribution in [0.3, 0.4) is 0 Å². The van der Waals surface area contributed by atoms with Gasteiger partial charge in [0.05, 0.1) is 0 Å². The van der Waals surface area contributed by atoms with E-state index < -0.39 is 0 Å². The standard InChI is InChI=1S/C29H27F/c1-3-5-6-7-23-8-10-24(11-9-23)12-13-25-14-16-26(17-15-25)18-19-27-20-21-28(4-2)29(30)22-27/h8-11,14-17,20-22H,3-7H2,1-2H3. The zero-order valence-corrected chi connectivity index (χ0v) is 17.8. The molecule has 0 aromatic heterocycles. The molecule has 150 valence electrons. The van der Waals surface area contributed by atoms with Crippen molar-refractivity contribution in [2.75, 3.05) is 0 Å². The highest BCUT2D eigenvalue weighted by atomic mass is 19.1. The van der Waals surface area contributed by atoms with Gasteiger partial charge in [-0.3, -0.25) is 0 Å². The smallest absolute Gasteiger partial charge is 0.127 e. The lowest BCUT2D eigenvalue weighted by molar-refractivity contribution is 0.612. The fraction of sp³-hybridized carbons (Fsp3) is 0.241. The van der Waals surface area contributed by atoms with Gasteiger partial charge >= 0.3 is 0 Å². The Morgan fingerprint density at radius 1 is 0.633 bits per heavy atom. The molecule has 0 N–H and O–H groups in total. The minimum Gasteiger partial charge on any atom is -0.207 e. The van der Waals surface area contributed by atoms with Crippen LogP contribution in [0.15, 0.2) is 66.7 Å². The van der Waals surface area contributed by atoms with Crippen LogP contribution in [0, 0.1) is 29.5 Å². The summed E-state index contributed by atoms with van der Waals surface area (Å²) in [6.07, 6.45) is 5.60. The van der Waals surface area contributed by atoms with Gasteiger partial charge in [0.25, 0.3) is 0 Å². The molecule has 0 heterocycles. The highest BCUT2D eigenvalue weighted by Gasteiger charge is 1.99. The second-order valence-corrected chi connectivity index (χ2v) is 7.39. The number of hydrogen-bond donors (Lipinski definition) is 0. The van der Waals surface area contributed by atoms with Gasteiger partial charge < -0.3 is 0 Å². The first-order valence-electron chi connectivity index (χ1n) is 10.7. The molecule has 30 heavy (non-hydrogen) atoms. The quantitative estimate of drug-likeness (QED) is 0.325. The highest BCUT2D eigenvalue weighted by molar-refractivity contribution is 5.48. The fourth-order valence-corrected chi connectivity index (χ4v) is 3.17. The lowest BCUT2D eigenvalue weighted by atomic mass is 10.1. The Bertz CT molecular complexity index is 1080. The molecule has 3 aromatic rings. The molecule has 0 amide bonds. The van der Waals surface area contributed by atoms with Crippen molar-refractivity contribution in [3.63, 3.8) is 0 Å². The van der Waals surface area contributed by atoms with Crippen LogP contribution in [-0.4, -0.2) is 0 Å². The van der Waals surface area contributed by atoms with Gasteiger partial charge in [-0.25, -0.2) is 4.39 Å². The van der Waals surface area contributed by atoms with Crippen molar-refractivity contribution in [3.05, 3.63) is 106 Å². The zero-order chi connectivity index (χ0) is 21.2. The van der Waals surface area contributed by atoms with Crippen molar-refractivity contribution >= 4 is 0 Å². The zero-order valence-electron chi connectivity index (χ0n) is 17.8. The number of aryl methyl sites for hydroxylation is 2. The maximum Gasteiger partial charge on any atom is 0.127 e. The average Bonchev–Trinajstić information content (AvgIpc) is 2.78. The minimum atomic E-state index is -0.191. The highest BCUT2D eigenvalue weighted by Crippen LogP contribution is 2.11. The molecule has 0 spiro atoms. The Morgan fingerprint density at radius 2 is 1.13 bits per heavy atom. The maximum absolute atomic E-state index is 13.9. The molecule has 0 atom stereocenters. The number of halogens is 1. The van der Waals surface area contributed by atoms with Crippen molar-refractivity contribution in [2.24, 2.45) is 0 Å². The second kappa shape index (κ2) is 11.0. The monoisotopic (exact) mass is 394 g/mol. The van der Waals surface area contributed by atoms with Gasteiger partial charge in [-0.15, -0.1) is 0 Å². The third-order valence-corrected chi connectivity index (χ3v) is 5.04. The molecule has 0 fully saturated rings. The summed E-state index contributed by atoms with van der Waals surface area (Å²) in [6, 6.07) is 21.5. The molecule has 0 aliphatic rings. The first kappa shape index (κ1) is 21.4. The molecule has 3 aromatic carbocycles. The van der Waals surface area contributed by atoms with Crippen LogP contribution in [0.4, 0.5) is 4.39 Å². The molecule has 0 radical (unpaired) electrons. The van der Waals surface area contributed by atoms with Crippen LogP contribution in [0.2, 0.25) is 0 Å². The Labute approximate surface area is 180 Å². The summed E-state index contributed by atoms with van der Waals surface area (Å²) >= 11 is 0. The lowest BCUT2D eigenvalue weighted by Crippen LogP contribution is -1.88. The van der Waals surface area contributed by atoms with Gasteiger partial charge in [-0.1, -0.05) is 68.6 Å². The molecule has 0 bridgehead atoms. The van der Waals surface area contributed by atoms with Crippen LogP contribution in [0.1, 0.15) is 66.5 Å². The Kier molecular flexibility index (Phi) is 7.88. The first-order chi connectivity index (χ1) is 14.7. The third-order valence-electron chi connectivity index (χ3n) is 5.04. The normalized spacial score (nSPS) is 9.97. The predicted octanol–water partition coefficient (Wildman–Crippen LogP) is 6.92. The molecular weight excluding hydrogens is 367 g/mol. The Hall–Kier alpha value is -3.29. The minimum absolute atomic E-state index is 0.191.